The maximum absolute atomic E-state index is 10.6. The van der Waals surface area contributed by atoms with Crippen molar-refractivity contribution in [3.63, 3.8) is 0 Å². The van der Waals surface area contributed by atoms with Crippen LogP contribution in [0.3, 0.4) is 0 Å². The molecule has 2 atom stereocenters. The van der Waals surface area contributed by atoms with E-state index in [0.29, 0.717) is 6.54 Å². The molecule has 0 saturated heterocycles. The van der Waals surface area contributed by atoms with E-state index in [-0.39, 0.29) is 5.92 Å². The van der Waals surface area contributed by atoms with Crippen LogP contribution in [-0.2, 0) is 0 Å². The van der Waals surface area contributed by atoms with Gasteiger partial charge in [-0.1, -0.05) is 34.1 Å². The van der Waals surface area contributed by atoms with E-state index >= 15 is 0 Å². The normalized spacial score (nSPS) is 14.4. The Kier molecular flexibility index (Phi) is 4.56. The zero-order chi connectivity index (χ0) is 13.1. The van der Waals surface area contributed by atoms with E-state index in [2.05, 4.69) is 15.9 Å². The lowest BCUT2D eigenvalue weighted by molar-refractivity contribution is 0.148. The zero-order valence-electron chi connectivity index (χ0n) is 10.1. The van der Waals surface area contributed by atoms with Gasteiger partial charge < -0.3 is 10.8 Å². The summed E-state index contributed by atoms with van der Waals surface area (Å²) in [6, 6.07) is 9.90. The zero-order valence-corrected chi connectivity index (χ0v) is 12.5. The molecule has 96 valence electrons. The number of hydrogen-bond donors (Lipinski definition) is 2. The molecule has 3 N–H and O–H groups in total. The first-order valence-electron chi connectivity index (χ1n) is 5.81. The largest absolute Gasteiger partial charge is 0.388 e. The SMILES string of the molecule is Cc1c(Br)cccc1C(O)C(CN)c1cccs1. The maximum atomic E-state index is 10.6. The first-order chi connectivity index (χ1) is 8.65. The summed E-state index contributed by atoms with van der Waals surface area (Å²) < 4.78 is 1.01. The van der Waals surface area contributed by atoms with E-state index in [1.165, 1.54) is 0 Å². The van der Waals surface area contributed by atoms with E-state index in [9.17, 15) is 5.11 Å². The molecule has 0 aliphatic heterocycles. The van der Waals surface area contributed by atoms with Crippen LogP contribution in [0.5, 0.6) is 0 Å². The third-order valence-electron chi connectivity index (χ3n) is 3.17. The van der Waals surface area contributed by atoms with Crippen LogP contribution in [0.15, 0.2) is 40.2 Å². The average molecular weight is 326 g/mol. The van der Waals surface area contributed by atoms with E-state index in [4.69, 9.17) is 5.73 Å². The van der Waals surface area contributed by atoms with Crippen LogP contribution < -0.4 is 5.73 Å². The van der Waals surface area contributed by atoms with Crippen LogP contribution in [0.1, 0.15) is 28.0 Å². The Morgan fingerprint density at radius 1 is 1.33 bits per heavy atom. The molecule has 0 aliphatic carbocycles. The molecule has 2 unspecified atom stereocenters. The monoisotopic (exact) mass is 325 g/mol. The van der Waals surface area contributed by atoms with Gasteiger partial charge in [-0.2, -0.15) is 0 Å². The van der Waals surface area contributed by atoms with Crippen molar-refractivity contribution >= 4 is 27.3 Å². The quantitative estimate of drug-likeness (QED) is 0.902. The minimum atomic E-state index is -0.564. The molecular formula is C14H16BrNOS. The van der Waals surface area contributed by atoms with Crippen LogP contribution in [0.25, 0.3) is 0 Å². The van der Waals surface area contributed by atoms with Gasteiger partial charge in [-0.15, -0.1) is 11.3 Å². The third kappa shape index (κ3) is 2.67. The average Bonchev–Trinajstić information content (AvgIpc) is 2.87. The topological polar surface area (TPSA) is 46.2 Å². The Labute approximate surface area is 120 Å². The Balaban J connectivity index is 2.35. The molecule has 0 bridgehead atoms. The lowest BCUT2D eigenvalue weighted by Crippen LogP contribution is -2.20. The number of nitrogens with two attached hydrogens (primary N) is 1. The van der Waals surface area contributed by atoms with Gasteiger partial charge >= 0.3 is 0 Å². The highest BCUT2D eigenvalue weighted by Crippen LogP contribution is 2.35. The Morgan fingerprint density at radius 3 is 2.72 bits per heavy atom. The second-order valence-electron chi connectivity index (χ2n) is 4.26. The van der Waals surface area contributed by atoms with Gasteiger partial charge in [0.15, 0.2) is 0 Å². The standard InChI is InChI=1S/C14H16BrNOS/c1-9-10(4-2-5-12(9)15)14(17)11(8-16)13-6-3-7-18-13/h2-7,11,14,17H,8,16H2,1H3. The Morgan fingerprint density at radius 2 is 2.11 bits per heavy atom. The maximum Gasteiger partial charge on any atom is 0.0881 e. The summed E-state index contributed by atoms with van der Waals surface area (Å²) in [5.74, 6) is -0.0435. The molecule has 0 radical (unpaired) electrons. The first-order valence-corrected chi connectivity index (χ1v) is 7.49. The fourth-order valence-electron chi connectivity index (χ4n) is 2.06. The molecule has 0 aliphatic rings. The molecule has 0 spiro atoms. The van der Waals surface area contributed by atoms with Crippen molar-refractivity contribution in [2.45, 2.75) is 18.9 Å². The lowest BCUT2D eigenvalue weighted by Gasteiger charge is -2.22. The molecule has 0 fully saturated rings. The summed E-state index contributed by atoms with van der Waals surface area (Å²) in [6.45, 7) is 2.44. The highest BCUT2D eigenvalue weighted by Gasteiger charge is 2.24. The van der Waals surface area contributed by atoms with Crippen LogP contribution in [-0.4, -0.2) is 11.7 Å². The van der Waals surface area contributed by atoms with Crippen molar-refractivity contribution in [1.82, 2.24) is 0 Å². The van der Waals surface area contributed by atoms with Gasteiger partial charge in [0.25, 0.3) is 0 Å². The summed E-state index contributed by atoms with van der Waals surface area (Å²) >= 11 is 5.13. The molecule has 0 saturated carbocycles. The van der Waals surface area contributed by atoms with E-state index in [0.717, 1.165) is 20.5 Å². The van der Waals surface area contributed by atoms with Crippen LogP contribution in [0.2, 0.25) is 0 Å². The number of benzene rings is 1. The Hall–Kier alpha value is -0.680. The van der Waals surface area contributed by atoms with Crippen LogP contribution in [0, 0.1) is 6.92 Å². The smallest absolute Gasteiger partial charge is 0.0881 e. The number of thiophene rings is 1. The minimum absolute atomic E-state index is 0.0435. The summed E-state index contributed by atoms with van der Waals surface area (Å²) in [5, 5.41) is 12.6. The number of halogens is 1. The summed E-state index contributed by atoms with van der Waals surface area (Å²) in [6.07, 6.45) is -0.564. The van der Waals surface area contributed by atoms with Crippen molar-refractivity contribution in [2.24, 2.45) is 5.73 Å². The van der Waals surface area contributed by atoms with Crippen molar-refractivity contribution in [2.75, 3.05) is 6.54 Å². The van der Waals surface area contributed by atoms with Crippen molar-refractivity contribution in [3.8, 4) is 0 Å². The summed E-state index contributed by atoms with van der Waals surface area (Å²) in [5.41, 5.74) is 7.83. The number of rotatable bonds is 4. The predicted molar refractivity (Wildman–Crippen MR) is 80.0 cm³/mol. The molecule has 1 heterocycles. The fourth-order valence-corrected chi connectivity index (χ4v) is 3.32. The van der Waals surface area contributed by atoms with E-state index < -0.39 is 6.10 Å². The van der Waals surface area contributed by atoms with Crippen LogP contribution >= 0.6 is 27.3 Å². The summed E-state index contributed by atoms with van der Waals surface area (Å²) in [7, 11) is 0. The second-order valence-corrected chi connectivity index (χ2v) is 6.09. The molecule has 4 heteroatoms. The van der Waals surface area contributed by atoms with Crippen molar-refractivity contribution < 1.29 is 5.11 Å². The fraction of sp³-hybridized carbons (Fsp3) is 0.286. The van der Waals surface area contributed by atoms with Gasteiger partial charge in [-0.25, -0.2) is 0 Å². The highest BCUT2D eigenvalue weighted by molar-refractivity contribution is 9.10. The molecule has 2 nitrogen and oxygen atoms in total. The molecule has 18 heavy (non-hydrogen) atoms. The molecule has 2 aromatic rings. The predicted octanol–water partition coefficient (Wildman–Crippen LogP) is 3.59. The van der Waals surface area contributed by atoms with Gasteiger partial charge in [0.1, 0.15) is 0 Å². The molecular weight excluding hydrogens is 310 g/mol. The molecule has 0 amide bonds. The van der Waals surface area contributed by atoms with Gasteiger partial charge in [0.05, 0.1) is 6.10 Å². The minimum Gasteiger partial charge on any atom is -0.388 e. The second kappa shape index (κ2) is 5.97. The summed E-state index contributed by atoms with van der Waals surface area (Å²) in [4.78, 5) is 1.13. The van der Waals surface area contributed by atoms with Gasteiger partial charge in [0.2, 0.25) is 0 Å². The first kappa shape index (κ1) is 13.7. The molecule has 2 rings (SSSR count). The van der Waals surface area contributed by atoms with E-state index in [1.54, 1.807) is 11.3 Å². The van der Waals surface area contributed by atoms with Crippen molar-refractivity contribution in [3.05, 3.63) is 56.2 Å². The Bertz CT molecular complexity index is 513. The number of aliphatic hydroxyl groups is 1. The third-order valence-corrected chi connectivity index (χ3v) is 5.04. The lowest BCUT2D eigenvalue weighted by atomic mass is 9.92. The van der Waals surface area contributed by atoms with Crippen LogP contribution in [0.4, 0.5) is 0 Å². The molecule has 1 aromatic carbocycles. The van der Waals surface area contributed by atoms with Crippen molar-refractivity contribution in [1.29, 1.82) is 0 Å². The van der Waals surface area contributed by atoms with Gasteiger partial charge in [0, 0.05) is 21.8 Å². The van der Waals surface area contributed by atoms with E-state index in [1.807, 2.05) is 42.6 Å². The van der Waals surface area contributed by atoms with Gasteiger partial charge in [-0.3, -0.25) is 0 Å². The van der Waals surface area contributed by atoms with Gasteiger partial charge in [-0.05, 0) is 35.6 Å². The number of aliphatic hydroxyl groups excluding tert-OH is 1. The highest BCUT2D eigenvalue weighted by atomic mass is 79.9. The molecule has 1 aromatic heterocycles. The number of hydrogen-bond acceptors (Lipinski definition) is 3.